The lowest BCUT2D eigenvalue weighted by Gasteiger charge is -2.10. The van der Waals surface area contributed by atoms with Crippen LogP contribution in [0.25, 0.3) is 0 Å². The van der Waals surface area contributed by atoms with Crippen LogP contribution >= 0.6 is 11.8 Å². The van der Waals surface area contributed by atoms with Crippen molar-refractivity contribution in [1.29, 1.82) is 0 Å². The van der Waals surface area contributed by atoms with Gasteiger partial charge in [0.1, 0.15) is 12.4 Å². The van der Waals surface area contributed by atoms with Crippen LogP contribution in [0.15, 0.2) is 53.4 Å². The van der Waals surface area contributed by atoms with E-state index < -0.39 is 0 Å². The molecule has 2 rings (SSSR count). The van der Waals surface area contributed by atoms with E-state index in [9.17, 15) is 4.79 Å². The standard InChI is InChI=1S/C18H21NO2S/c1-14-8-9-17(15(2)12-14)21-11-10-19-18(20)13-22-16-6-4-3-5-7-16/h3-9,12H,10-11,13H2,1-2H3,(H,19,20). The number of ether oxygens (including phenoxy) is 1. The Labute approximate surface area is 136 Å². The Morgan fingerprint density at radius 3 is 2.64 bits per heavy atom. The highest BCUT2D eigenvalue weighted by Gasteiger charge is 2.03. The molecule has 4 heteroatoms. The summed E-state index contributed by atoms with van der Waals surface area (Å²) >= 11 is 1.53. The second-order valence-electron chi connectivity index (χ2n) is 5.07. The zero-order valence-corrected chi connectivity index (χ0v) is 13.8. The highest BCUT2D eigenvalue weighted by atomic mass is 32.2. The number of rotatable bonds is 7. The van der Waals surface area contributed by atoms with E-state index in [1.165, 1.54) is 17.3 Å². The Hall–Kier alpha value is -1.94. The number of carbonyl (C=O) groups is 1. The fraction of sp³-hybridized carbons (Fsp3) is 0.278. The fourth-order valence-electron chi connectivity index (χ4n) is 2.03. The molecule has 0 radical (unpaired) electrons. The number of nitrogens with one attached hydrogen (secondary N) is 1. The zero-order valence-electron chi connectivity index (χ0n) is 13.0. The minimum atomic E-state index is 0.0260. The monoisotopic (exact) mass is 315 g/mol. The summed E-state index contributed by atoms with van der Waals surface area (Å²) < 4.78 is 5.68. The van der Waals surface area contributed by atoms with Gasteiger partial charge in [-0.1, -0.05) is 35.9 Å². The summed E-state index contributed by atoms with van der Waals surface area (Å²) in [7, 11) is 0. The molecular weight excluding hydrogens is 294 g/mol. The smallest absolute Gasteiger partial charge is 0.230 e. The molecule has 0 saturated carbocycles. The van der Waals surface area contributed by atoms with Crippen LogP contribution in [-0.2, 0) is 4.79 Å². The van der Waals surface area contributed by atoms with Gasteiger partial charge in [0.05, 0.1) is 12.3 Å². The molecule has 1 N–H and O–H groups in total. The SMILES string of the molecule is Cc1ccc(OCCNC(=O)CSc2ccccc2)c(C)c1. The van der Waals surface area contributed by atoms with Gasteiger partial charge in [0, 0.05) is 4.90 Å². The summed E-state index contributed by atoms with van der Waals surface area (Å²) in [6.45, 7) is 5.08. The molecular formula is C18H21NO2S. The number of hydrogen-bond acceptors (Lipinski definition) is 3. The first-order chi connectivity index (χ1) is 10.6. The van der Waals surface area contributed by atoms with Crippen LogP contribution < -0.4 is 10.1 Å². The number of hydrogen-bond donors (Lipinski definition) is 1. The summed E-state index contributed by atoms with van der Waals surface area (Å²) in [6, 6.07) is 16.0. The maximum Gasteiger partial charge on any atom is 0.230 e. The minimum absolute atomic E-state index is 0.0260. The molecule has 0 heterocycles. The van der Waals surface area contributed by atoms with Crippen LogP contribution in [-0.4, -0.2) is 24.8 Å². The van der Waals surface area contributed by atoms with Gasteiger partial charge in [-0.3, -0.25) is 4.79 Å². The van der Waals surface area contributed by atoms with Crippen LogP contribution in [0.3, 0.4) is 0 Å². The highest BCUT2D eigenvalue weighted by Crippen LogP contribution is 2.18. The normalized spacial score (nSPS) is 10.3. The lowest BCUT2D eigenvalue weighted by Crippen LogP contribution is -2.29. The molecule has 2 aromatic carbocycles. The van der Waals surface area contributed by atoms with Crippen LogP contribution in [0.5, 0.6) is 5.75 Å². The molecule has 0 unspecified atom stereocenters. The van der Waals surface area contributed by atoms with Crippen molar-refractivity contribution in [2.24, 2.45) is 0 Å². The average Bonchev–Trinajstić information content (AvgIpc) is 2.52. The van der Waals surface area contributed by atoms with Crippen molar-refractivity contribution in [1.82, 2.24) is 5.32 Å². The minimum Gasteiger partial charge on any atom is -0.491 e. The van der Waals surface area contributed by atoms with Gasteiger partial charge in [-0.05, 0) is 37.6 Å². The fourth-order valence-corrected chi connectivity index (χ4v) is 2.78. The average molecular weight is 315 g/mol. The molecule has 0 atom stereocenters. The van der Waals surface area contributed by atoms with Gasteiger partial charge < -0.3 is 10.1 Å². The van der Waals surface area contributed by atoms with E-state index in [0.29, 0.717) is 18.9 Å². The number of aryl methyl sites for hydroxylation is 2. The first kappa shape index (κ1) is 16.4. The first-order valence-electron chi connectivity index (χ1n) is 7.30. The van der Waals surface area contributed by atoms with Crippen molar-refractivity contribution >= 4 is 17.7 Å². The lowest BCUT2D eigenvalue weighted by molar-refractivity contribution is -0.118. The van der Waals surface area contributed by atoms with Gasteiger partial charge in [0.15, 0.2) is 0 Å². The largest absolute Gasteiger partial charge is 0.491 e. The third-order valence-electron chi connectivity index (χ3n) is 3.13. The molecule has 0 aliphatic heterocycles. The Bertz CT molecular complexity index is 614. The molecule has 1 amide bonds. The number of thioether (sulfide) groups is 1. The van der Waals surface area contributed by atoms with E-state index in [0.717, 1.165) is 16.2 Å². The second kappa shape index (κ2) is 8.49. The molecule has 0 saturated heterocycles. The van der Waals surface area contributed by atoms with Crippen molar-refractivity contribution in [3.05, 3.63) is 59.7 Å². The quantitative estimate of drug-likeness (QED) is 0.627. The van der Waals surface area contributed by atoms with Gasteiger partial charge in [0.25, 0.3) is 0 Å². The maximum absolute atomic E-state index is 11.8. The van der Waals surface area contributed by atoms with Crippen molar-refractivity contribution in [2.75, 3.05) is 18.9 Å². The molecule has 0 spiro atoms. The van der Waals surface area contributed by atoms with E-state index in [1.54, 1.807) is 0 Å². The predicted molar refractivity (Wildman–Crippen MR) is 91.6 cm³/mol. The van der Waals surface area contributed by atoms with Crippen molar-refractivity contribution < 1.29 is 9.53 Å². The summed E-state index contributed by atoms with van der Waals surface area (Å²) in [5.41, 5.74) is 2.34. The predicted octanol–water partition coefficient (Wildman–Crippen LogP) is 3.59. The number of carbonyl (C=O) groups excluding carboxylic acids is 1. The van der Waals surface area contributed by atoms with Crippen molar-refractivity contribution in [3.8, 4) is 5.75 Å². The molecule has 2 aromatic rings. The zero-order chi connectivity index (χ0) is 15.8. The van der Waals surface area contributed by atoms with Gasteiger partial charge in [-0.15, -0.1) is 11.8 Å². The van der Waals surface area contributed by atoms with Crippen LogP contribution in [0.2, 0.25) is 0 Å². The van der Waals surface area contributed by atoms with E-state index in [1.807, 2.05) is 49.4 Å². The van der Waals surface area contributed by atoms with Gasteiger partial charge >= 0.3 is 0 Å². The van der Waals surface area contributed by atoms with Crippen LogP contribution in [0.4, 0.5) is 0 Å². The molecule has 3 nitrogen and oxygen atoms in total. The molecule has 0 fully saturated rings. The highest BCUT2D eigenvalue weighted by molar-refractivity contribution is 8.00. The molecule has 0 bridgehead atoms. The summed E-state index contributed by atoms with van der Waals surface area (Å²) in [6.07, 6.45) is 0. The topological polar surface area (TPSA) is 38.3 Å². The second-order valence-corrected chi connectivity index (χ2v) is 6.12. The summed E-state index contributed by atoms with van der Waals surface area (Å²) in [5, 5.41) is 2.87. The van der Waals surface area contributed by atoms with Gasteiger partial charge in [-0.2, -0.15) is 0 Å². The van der Waals surface area contributed by atoms with E-state index >= 15 is 0 Å². The van der Waals surface area contributed by atoms with E-state index in [2.05, 4.69) is 18.3 Å². The molecule has 22 heavy (non-hydrogen) atoms. The van der Waals surface area contributed by atoms with Crippen LogP contribution in [0.1, 0.15) is 11.1 Å². The van der Waals surface area contributed by atoms with Gasteiger partial charge in [0.2, 0.25) is 5.91 Å². The number of amides is 1. The lowest BCUT2D eigenvalue weighted by atomic mass is 10.1. The first-order valence-corrected chi connectivity index (χ1v) is 8.28. The molecule has 116 valence electrons. The summed E-state index contributed by atoms with van der Waals surface area (Å²) in [4.78, 5) is 12.9. The third-order valence-corrected chi connectivity index (χ3v) is 4.14. The maximum atomic E-state index is 11.8. The molecule has 0 aromatic heterocycles. The summed E-state index contributed by atoms with van der Waals surface area (Å²) in [5.74, 6) is 1.32. The van der Waals surface area contributed by atoms with Crippen LogP contribution in [0, 0.1) is 13.8 Å². The van der Waals surface area contributed by atoms with Crippen molar-refractivity contribution in [3.63, 3.8) is 0 Å². The Balaban J connectivity index is 1.65. The van der Waals surface area contributed by atoms with Crippen molar-refractivity contribution in [2.45, 2.75) is 18.7 Å². The Morgan fingerprint density at radius 2 is 1.91 bits per heavy atom. The third kappa shape index (κ3) is 5.45. The van der Waals surface area contributed by atoms with E-state index in [-0.39, 0.29) is 5.91 Å². The molecule has 0 aliphatic carbocycles. The Morgan fingerprint density at radius 1 is 1.14 bits per heavy atom. The Kier molecular flexibility index (Phi) is 6.34. The number of benzene rings is 2. The molecule has 0 aliphatic rings. The van der Waals surface area contributed by atoms with E-state index in [4.69, 9.17) is 4.74 Å². The van der Waals surface area contributed by atoms with Gasteiger partial charge in [-0.25, -0.2) is 0 Å².